The van der Waals surface area contributed by atoms with Crippen LogP contribution in [0.5, 0.6) is 17.2 Å². The molecule has 3 aliphatic heterocycles. The zero-order valence-corrected chi connectivity index (χ0v) is 37.8. The number of ether oxygens (including phenoxy) is 3. The van der Waals surface area contributed by atoms with Gasteiger partial charge in [-0.05, 0) is 100 Å². The molecule has 0 bridgehead atoms. The number of benzene rings is 4. The summed E-state index contributed by atoms with van der Waals surface area (Å²) in [4.78, 5) is 34.0. The Morgan fingerprint density at radius 1 is 0.935 bits per heavy atom. The van der Waals surface area contributed by atoms with Gasteiger partial charge in [0.1, 0.15) is 11.5 Å². The van der Waals surface area contributed by atoms with Crippen molar-refractivity contribution in [2.24, 2.45) is 5.92 Å². The molecule has 0 unspecified atom stereocenters. The van der Waals surface area contributed by atoms with Crippen molar-refractivity contribution in [3.05, 3.63) is 137 Å². The van der Waals surface area contributed by atoms with Gasteiger partial charge in [-0.25, -0.2) is 0 Å². The van der Waals surface area contributed by atoms with Crippen LogP contribution in [-0.4, -0.2) is 66.4 Å². The Labute approximate surface area is 365 Å². The van der Waals surface area contributed by atoms with Gasteiger partial charge in [-0.15, -0.1) is 5.10 Å². The van der Waals surface area contributed by atoms with Gasteiger partial charge in [0.15, 0.2) is 11.4 Å². The lowest BCUT2D eigenvalue weighted by Gasteiger charge is -2.37. The van der Waals surface area contributed by atoms with E-state index < -0.39 is 13.7 Å². The van der Waals surface area contributed by atoms with E-state index >= 15 is 4.79 Å². The number of methoxy groups -OCH3 is 1. The molecule has 12 heteroatoms. The van der Waals surface area contributed by atoms with Gasteiger partial charge in [-0.3, -0.25) is 19.2 Å². The first-order chi connectivity index (χ1) is 29.9. The van der Waals surface area contributed by atoms with Gasteiger partial charge in [0.25, 0.3) is 11.8 Å². The SMILES string of the molecule is COc1ccc([Si](C)(C)[C@@H]2[C@@H](CCn3cc(CCO)nn3)O[C@]3(C(=O)N(C/C=C(\C)CCC=C(C)C)c4ccc(N5C(=O)c6ccccc6Oc6ccccc65)cc43)[C@H]2C)cc1. The second-order valence-corrected chi connectivity index (χ2v) is 22.3. The van der Waals surface area contributed by atoms with Crippen LogP contribution in [0.3, 0.4) is 0 Å². The maximum absolute atomic E-state index is 15.7. The van der Waals surface area contributed by atoms with E-state index in [1.54, 1.807) is 18.1 Å². The molecule has 1 spiro atoms. The number of aryl methyl sites for hydroxylation is 1. The molecule has 4 aromatic carbocycles. The van der Waals surface area contributed by atoms with Crippen LogP contribution in [0.2, 0.25) is 18.6 Å². The standard InChI is InChI=1S/C50H57N5O6Si/c1-33(2)13-12-14-34(3)25-29-54-42-24-19-37(55-43-16-9-11-18-45(43)60-44-17-10-8-15-40(44)48(55)57)31-41(42)50(49(54)58)35(4)47(62(6,7)39-22-20-38(59-5)21-23-39)46(61-50)26-28-53-32-36(27-30-56)51-52-53/h8-11,13,15-25,31-32,35,46-47,56H,12,14,26-30H2,1-7H3/b34-25+/t35-,46+,47-,50+/m0/s1. The number of carbonyl (C=O) groups excluding carboxylic acids is 2. The Hall–Kier alpha value is -5.82. The van der Waals surface area contributed by atoms with Crippen LogP contribution in [0.4, 0.5) is 17.1 Å². The zero-order chi connectivity index (χ0) is 43.8. The molecule has 0 radical (unpaired) electrons. The van der Waals surface area contributed by atoms with Crippen LogP contribution >= 0.6 is 0 Å². The summed E-state index contributed by atoms with van der Waals surface area (Å²) in [5, 5.41) is 19.4. The number of fused-ring (bicyclic) bond motifs is 4. The quantitative estimate of drug-likeness (QED) is 0.0868. The lowest BCUT2D eigenvalue weighted by molar-refractivity contribution is -0.145. The maximum Gasteiger partial charge on any atom is 0.266 e. The number of amides is 2. The third-order valence-electron chi connectivity index (χ3n) is 13.0. The number of rotatable bonds is 14. The smallest absolute Gasteiger partial charge is 0.266 e. The number of para-hydroxylation sites is 3. The average molecular weight is 852 g/mol. The Morgan fingerprint density at radius 2 is 1.68 bits per heavy atom. The first kappa shape index (κ1) is 42.9. The van der Waals surface area contributed by atoms with Crippen molar-refractivity contribution in [2.75, 3.05) is 30.1 Å². The number of hydrogen-bond donors (Lipinski definition) is 1. The highest BCUT2D eigenvalue weighted by molar-refractivity contribution is 6.91. The largest absolute Gasteiger partial charge is 0.497 e. The topological polar surface area (TPSA) is 119 Å². The minimum atomic E-state index is -2.46. The van der Waals surface area contributed by atoms with Crippen LogP contribution in [-0.2, 0) is 28.1 Å². The molecule has 62 heavy (non-hydrogen) atoms. The minimum absolute atomic E-state index is 0.00742. The van der Waals surface area contributed by atoms with E-state index in [0.717, 1.165) is 35.5 Å². The molecule has 1 saturated heterocycles. The summed E-state index contributed by atoms with van der Waals surface area (Å²) in [5.41, 5.74) is 5.04. The Bertz CT molecular complexity index is 2530. The molecule has 11 nitrogen and oxygen atoms in total. The van der Waals surface area contributed by atoms with Crippen LogP contribution < -0.4 is 24.5 Å². The summed E-state index contributed by atoms with van der Waals surface area (Å²) in [5.74, 6) is 1.24. The third kappa shape index (κ3) is 7.80. The van der Waals surface area contributed by atoms with Gasteiger partial charge >= 0.3 is 0 Å². The Kier molecular flexibility index (Phi) is 12.1. The first-order valence-electron chi connectivity index (χ1n) is 21.7. The summed E-state index contributed by atoms with van der Waals surface area (Å²) in [6.45, 7) is 14.2. The molecule has 4 atom stereocenters. The molecule has 1 N–H and O–H groups in total. The molecule has 1 fully saturated rings. The predicted molar refractivity (Wildman–Crippen MR) is 246 cm³/mol. The van der Waals surface area contributed by atoms with Crippen molar-refractivity contribution in [1.82, 2.24) is 15.0 Å². The molecule has 1 aromatic heterocycles. The highest BCUT2D eigenvalue weighted by atomic mass is 28.3. The predicted octanol–water partition coefficient (Wildman–Crippen LogP) is 9.25. The first-order valence-corrected chi connectivity index (χ1v) is 24.7. The van der Waals surface area contributed by atoms with Gasteiger partial charge in [-0.1, -0.05) is 90.1 Å². The average Bonchev–Trinajstić information content (AvgIpc) is 3.89. The van der Waals surface area contributed by atoms with Crippen molar-refractivity contribution < 1.29 is 28.9 Å². The number of aromatic nitrogens is 3. The number of anilines is 3. The van der Waals surface area contributed by atoms with Crippen LogP contribution in [0, 0.1) is 5.92 Å². The molecule has 3 aliphatic rings. The molecule has 322 valence electrons. The molecule has 8 rings (SSSR count). The summed E-state index contributed by atoms with van der Waals surface area (Å²) in [6, 6.07) is 29.2. The molecule has 0 saturated carbocycles. The number of allylic oxidation sites excluding steroid dienone is 3. The van der Waals surface area contributed by atoms with E-state index in [-0.39, 0.29) is 36.0 Å². The molecule has 2 amide bonds. The van der Waals surface area contributed by atoms with E-state index in [1.165, 1.54) is 16.3 Å². The van der Waals surface area contributed by atoms with E-state index in [1.807, 2.05) is 88.6 Å². The van der Waals surface area contributed by atoms with Gasteiger partial charge < -0.3 is 24.2 Å². The minimum Gasteiger partial charge on any atom is -0.497 e. The summed E-state index contributed by atoms with van der Waals surface area (Å²) < 4.78 is 21.2. The van der Waals surface area contributed by atoms with Gasteiger partial charge in [0.2, 0.25) is 0 Å². The highest BCUT2D eigenvalue weighted by Crippen LogP contribution is 2.61. The Balaban J connectivity index is 1.26. The van der Waals surface area contributed by atoms with Crippen molar-refractivity contribution >= 4 is 42.1 Å². The van der Waals surface area contributed by atoms with Gasteiger partial charge in [-0.2, -0.15) is 0 Å². The fraction of sp³-hybridized carbons (Fsp3) is 0.360. The molecular formula is C50H57N5O6Si. The van der Waals surface area contributed by atoms with Crippen molar-refractivity contribution in [3.8, 4) is 17.2 Å². The second-order valence-electron chi connectivity index (χ2n) is 17.6. The van der Waals surface area contributed by atoms with E-state index in [9.17, 15) is 9.90 Å². The molecule has 0 aliphatic carbocycles. The molecule has 4 heterocycles. The number of aliphatic hydroxyl groups is 1. The Morgan fingerprint density at radius 3 is 2.42 bits per heavy atom. The lowest BCUT2D eigenvalue weighted by atomic mass is 9.82. The van der Waals surface area contributed by atoms with Gasteiger partial charge in [0.05, 0.1) is 43.9 Å². The van der Waals surface area contributed by atoms with E-state index in [4.69, 9.17) is 14.2 Å². The van der Waals surface area contributed by atoms with Crippen LogP contribution in [0.1, 0.15) is 68.6 Å². The fourth-order valence-corrected chi connectivity index (χ4v) is 13.9. The zero-order valence-electron chi connectivity index (χ0n) is 36.8. The van der Waals surface area contributed by atoms with Crippen molar-refractivity contribution in [3.63, 3.8) is 0 Å². The number of nitrogens with zero attached hydrogens (tertiary/aromatic N) is 5. The lowest BCUT2D eigenvalue weighted by Crippen LogP contribution is -2.52. The summed E-state index contributed by atoms with van der Waals surface area (Å²) >= 11 is 0. The van der Waals surface area contributed by atoms with E-state index in [2.05, 4.69) is 75.4 Å². The molecule has 5 aromatic rings. The highest BCUT2D eigenvalue weighted by Gasteiger charge is 2.66. The monoisotopic (exact) mass is 851 g/mol. The number of hydrogen-bond acceptors (Lipinski definition) is 8. The normalized spacial score (nSPS) is 20.8. The summed E-state index contributed by atoms with van der Waals surface area (Å²) in [7, 11) is -0.786. The third-order valence-corrected chi connectivity index (χ3v) is 17.4. The van der Waals surface area contributed by atoms with E-state index in [0.29, 0.717) is 54.4 Å². The summed E-state index contributed by atoms with van der Waals surface area (Å²) in [6.07, 6.45) is 8.78. The second kappa shape index (κ2) is 17.5. The maximum atomic E-state index is 15.7. The van der Waals surface area contributed by atoms with Crippen LogP contribution in [0.15, 0.2) is 120 Å². The fourth-order valence-electron chi connectivity index (χ4n) is 9.83. The van der Waals surface area contributed by atoms with Gasteiger partial charge in [0, 0.05) is 49.5 Å². The van der Waals surface area contributed by atoms with Crippen molar-refractivity contribution in [2.45, 2.75) is 90.3 Å². The van der Waals surface area contributed by atoms with Crippen molar-refractivity contribution in [1.29, 1.82) is 0 Å². The number of aliphatic hydroxyl groups excluding tert-OH is 1. The van der Waals surface area contributed by atoms with Crippen LogP contribution in [0.25, 0.3) is 0 Å². The number of carbonyl (C=O) groups is 2. The molecular weight excluding hydrogens is 795 g/mol.